The van der Waals surface area contributed by atoms with E-state index in [2.05, 4.69) is 27.5 Å². The number of aromatic hydroxyl groups is 1. The van der Waals surface area contributed by atoms with Crippen LogP contribution in [0.5, 0.6) is 11.5 Å². The van der Waals surface area contributed by atoms with E-state index in [-0.39, 0.29) is 29.7 Å². The molecule has 6 nitrogen and oxygen atoms in total. The summed E-state index contributed by atoms with van der Waals surface area (Å²) in [6.45, 7) is 6.27. The van der Waals surface area contributed by atoms with Crippen LogP contribution < -0.4 is 15.4 Å². The molecule has 8 heteroatoms. The third-order valence-electron chi connectivity index (χ3n) is 3.59. The van der Waals surface area contributed by atoms with Crippen molar-refractivity contribution in [2.45, 2.75) is 26.7 Å². The van der Waals surface area contributed by atoms with Crippen LogP contribution in [0.3, 0.4) is 0 Å². The normalized spacial score (nSPS) is 11.0. The fraction of sp³-hybridized carbons (Fsp3) is 0.444. The summed E-state index contributed by atoms with van der Waals surface area (Å²) in [6, 6.07) is 5.36. The Morgan fingerprint density at radius 3 is 2.73 bits per heavy atom. The van der Waals surface area contributed by atoms with Crippen LogP contribution in [0.4, 0.5) is 0 Å². The molecule has 0 bridgehead atoms. The van der Waals surface area contributed by atoms with Crippen molar-refractivity contribution in [3.05, 3.63) is 39.8 Å². The number of nitrogens with one attached hydrogen (secondary N) is 2. The van der Waals surface area contributed by atoms with E-state index in [4.69, 9.17) is 4.74 Å². The summed E-state index contributed by atoms with van der Waals surface area (Å²) in [7, 11) is 1.59. The first-order valence-corrected chi connectivity index (χ1v) is 9.23. The molecule has 0 spiro atoms. The summed E-state index contributed by atoms with van der Waals surface area (Å²) in [5, 5.41) is 17.6. The van der Waals surface area contributed by atoms with Gasteiger partial charge in [0.25, 0.3) is 0 Å². The Kier molecular flexibility index (Phi) is 10.3. The van der Waals surface area contributed by atoms with Gasteiger partial charge in [-0.05, 0) is 31.9 Å². The lowest BCUT2D eigenvalue weighted by Crippen LogP contribution is -2.38. The van der Waals surface area contributed by atoms with Crippen LogP contribution in [-0.2, 0) is 12.8 Å². The summed E-state index contributed by atoms with van der Waals surface area (Å²) in [5.74, 6) is 1.69. The van der Waals surface area contributed by atoms with E-state index >= 15 is 0 Å². The predicted octanol–water partition coefficient (Wildman–Crippen LogP) is 3.12. The zero-order valence-electron chi connectivity index (χ0n) is 15.4. The molecule has 0 radical (unpaired) electrons. The lowest BCUT2D eigenvalue weighted by molar-refractivity contribution is 0.406. The highest BCUT2D eigenvalue weighted by Crippen LogP contribution is 2.23. The third kappa shape index (κ3) is 7.36. The van der Waals surface area contributed by atoms with Crippen LogP contribution in [0.15, 0.2) is 29.4 Å². The molecule has 0 atom stereocenters. The lowest BCUT2D eigenvalue weighted by Gasteiger charge is -2.12. The highest BCUT2D eigenvalue weighted by atomic mass is 127. The zero-order valence-corrected chi connectivity index (χ0v) is 18.6. The van der Waals surface area contributed by atoms with E-state index in [0.29, 0.717) is 25.3 Å². The molecule has 1 aromatic heterocycles. The molecule has 0 aliphatic carbocycles. The maximum Gasteiger partial charge on any atom is 0.191 e. The first-order valence-electron chi connectivity index (χ1n) is 8.41. The van der Waals surface area contributed by atoms with E-state index in [1.807, 2.05) is 25.3 Å². The van der Waals surface area contributed by atoms with Crippen molar-refractivity contribution >= 4 is 41.3 Å². The fourth-order valence-electron chi connectivity index (χ4n) is 2.32. The molecule has 0 fully saturated rings. The van der Waals surface area contributed by atoms with Crippen LogP contribution in [0.25, 0.3) is 0 Å². The number of rotatable bonds is 8. The van der Waals surface area contributed by atoms with Gasteiger partial charge in [0.15, 0.2) is 5.96 Å². The summed E-state index contributed by atoms with van der Waals surface area (Å²) in [6.07, 6.45) is 3.44. The van der Waals surface area contributed by atoms with E-state index in [1.54, 1.807) is 24.5 Å². The Balaban J connectivity index is 0.00000338. The van der Waals surface area contributed by atoms with E-state index in [1.165, 1.54) is 4.88 Å². The number of methoxy groups -OCH3 is 1. The highest BCUT2D eigenvalue weighted by Gasteiger charge is 2.04. The van der Waals surface area contributed by atoms with Gasteiger partial charge in [-0.2, -0.15) is 0 Å². The number of ether oxygens (including phenoxy) is 1. The number of phenols is 1. The van der Waals surface area contributed by atoms with Crippen molar-refractivity contribution in [2.24, 2.45) is 4.99 Å². The molecule has 144 valence electrons. The molecular formula is C18H27IN4O2S. The van der Waals surface area contributed by atoms with Gasteiger partial charge in [0.1, 0.15) is 11.5 Å². The van der Waals surface area contributed by atoms with Gasteiger partial charge < -0.3 is 20.5 Å². The first-order chi connectivity index (χ1) is 12.1. The second-order valence-corrected chi connectivity index (χ2v) is 6.87. The molecule has 1 aromatic carbocycles. The van der Waals surface area contributed by atoms with Crippen LogP contribution in [-0.4, -0.2) is 42.8 Å². The van der Waals surface area contributed by atoms with Crippen molar-refractivity contribution in [3.8, 4) is 11.5 Å². The summed E-state index contributed by atoms with van der Waals surface area (Å²) in [4.78, 5) is 10.2. The molecule has 0 unspecified atom stereocenters. The zero-order chi connectivity index (χ0) is 18.1. The van der Waals surface area contributed by atoms with Gasteiger partial charge in [0, 0.05) is 43.2 Å². The van der Waals surface area contributed by atoms with Gasteiger partial charge in [-0.25, -0.2) is 4.98 Å². The van der Waals surface area contributed by atoms with Crippen LogP contribution in [0.2, 0.25) is 0 Å². The number of phenolic OH excluding ortho intramolecular Hbond substituents is 1. The lowest BCUT2D eigenvalue weighted by atomic mass is 10.1. The second-order valence-electron chi connectivity index (χ2n) is 5.55. The monoisotopic (exact) mass is 490 g/mol. The Labute approximate surface area is 176 Å². The van der Waals surface area contributed by atoms with Gasteiger partial charge in [-0.15, -0.1) is 35.3 Å². The molecule has 0 aliphatic heterocycles. The number of halogens is 1. The summed E-state index contributed by atoms with van der Waals surface area (Å²) >= 11 is 1.71. The Morgan fingerprint density at radius 2 is 2.12 bits per heavy atom. The molecule has 2 aromatic rings. The topological polar surface area (TPSA) is 78.8 Å². The Bertz CT molecular complexity index is 706. The van der Waals surface area contributed by atoms with Gasteiger partial charge in [-0.1, -0.05) is 6.07 Å². The van der Waals surface area contributed by atoms with E-state index in [0.717, 1.165) is 29.5 Å². The number of thiazole rings is 1. The average molecular weight is 490 g/mol. The Hall–Kier alpha value is -1.55. The number of nitrogens with zero attached hydrogens (tertiary/aromatic N) is 2. The smallest absolute Gasteiger partial charge is 0.191 e. The average Bonchev–Trinajstić information content (AvgIpc) is 3.01. The number of aryl methyl sites for hydroxylation is 1. The number of aliphatic imine (C=N–C) groups is 1. The number of hydrogen-bond acceptors (Lipinski definition) is 5. The number of hydrogen-bond donors (Lipinski definition) is 3. The molecule has 26 heavy (non-hydrogen) atoms. The van der Waals surface area contributed by atoms with Crippen molar-refractivity contribution in [1.82, 2.24) is 15.6 Å². The van der Waals surface area contributed by atoms with Crippen molar-refractivity contribution in [2.75, 3.05) is 26.7 Å². The summed E-state index contributed by atoms with van der Waals surface area (Å²) in [5.41, 5.74) is 0.877. The third-order valence-corrected chi connectivity index (χ3v) is 4.56. The molecule has 1 heterocycles. The first kappa shape index (κ1) is 22.5. The minimum Gasteiger partial charge on any atom is -0.508 e. The van der Waals surface area contributed by atoms with E-state index < -0.39 is 0 Å². The molecule has 0 amide bonds. The molecule has 3 N–H and O–H groups in total. The second kappa shape index (κ2) is 11.9. The van der Waals surface area contributed by atoms with Gasteiger partial charge in [0.05, 0.1) is 12.1 Å². The standard InChI is InChI=1S/C18H26N4O2S.HI/c1-4-19-18(21-10-8-17-22-12-13(2)25-17)20-9-7-14-5-6-15(24-3)11-16(14)23;/h5-6,11-12,23H,4,7-10H2,1-3H3,(H2,19,20,21);1H. The SMILES string of the molecule is CCNC(=NCCc1ncc(C)s1)NCCc1ccc(OC)cc1O.I. The van der Waals surface area contributed by atoms with Crippen molar-refractivity contribution in [1.29, 1.82) is 0 Å². The molecule has 0 saturated heterocycles. The molecule has 0 aliphatic rings. The molecular weight excluding hydrogens is 463 g/mol. The molecule has 0 saturated carbocycles. The molecule has 2 rings (SSSR count). The Morgan fingerprint density at radius 1 is 1.31 bits per heavy atom. The minimum absolute atomic E-state index is 0. The van der Waals surface area contributed by atoms with Gasteiger partial charge in [-0.3, -0.25) is 4.99 Å². The quantitative estimate of drug-likeness (QED) is 0.301. The highest BCUT2D eigenvalue weighted by molar-refractivity contribution is 14.0. The number of aromatic nitrogens is 1. The van der Waals surface area contributed by atoms with Crippen LogP contribution >= 0.6 is 35.3 Å². The van der Waals surface area contributed by atoms with E-state index in [9.17, 15) is 5.11 Å². The maximum atomic E-state index is 10.0. The fourth-order valence-corrected chi connectivity index (χ4v) is 3.10. The maximum absolute atomic E-state index is 10.0. The van der Waals surface area contributed by atoms with Crippen molar-refractivity contribution < 1.29 is 9.84 Å². The minimum atomic E-state index is 0. The van der Waals surface area contributed by atoms with Gasteiger partial charge >= 0.3 is 0 Å². The number of benzene rings is 1. The number of guanidine groups is 1. The van der Waals surface area contributed by atoms with Crippen LogP contribution in [0.1, 0.15) is 22.4 Å². The van der Waals surface area contributed by atoms with Crippen LogP contribution in [0, 0.1) is 6.92 Å². The van der Waals surface area contributed by atoms with Gasteiger partial charge in [0.2, 0.25) is 0 Å². The summed E-state index contributed by atoms with van der Waals surface area (Å²) < 4.78 is 5.10. The van der Waals surface area contributed by atoms with Crippen molar-refractivity contribution in [3.63, 3.8) is 0 Å². The largest absolute Gasteiger partial charge is 0.508 e. The predicted molar refractivity (Wildman–Crippen MR) is 118 cm³/mol.